The van der Waals surface area contributed by atoms with Crippen molar-refractivity contribution in [3.05, 3.63) is 178 Å². The van der Waals surface area contributed by atoms with Gasteiger partial charge in [0.1, 0.15) is 48.4 Å². The molecule has 31 heteroatoms. The van der Waals surface area contributed by atoms with Gasteiger partial charge in [-0.05, 0) is 122 Å². The summed E-state index contributed by atoms with van der Waals surface area (Å²) in [6.07, 6.45) is 66.8. The molecular weight excluding hydrogens is 2100 g/mol. The molecule has 4 N–H and O–H groups in total. The molecule has 0 saturated heterocycles. The molecule has 0 bridgehead atoms. The van der Waals surface area contributed by atoms with Crippen molar-refractivity contribution in [1.82, 2.24) is 0 Å². The third-order valence-electron chi connectivity index (χ3n) is 24.4. The number of amides is 2. The molecule has 0 aliphatic heterocycles. The van der Waals surface area contributed by atoms with Gasteiger partial charge in [0.25, 0.3) is 20.2 Å². The molecule has 0 saturated carbocycles. The first-order valence-electron chi connectivity index (χ1n) is 52.1. The number of aromatic carboxylic acids is 2. The molecule has 0 spiro atoms. The SMILES string of the molecule is Br.Br.Br.C.CCCCCCCCCCCCCCCC(=O)Nc1ccc(/C=C/c2ccc(NC(=O)CCCCCCCCCCCCCCC)c(S(=O)(=O)O)c2)cc1S(=O)(=O)O.CCCCCCCCCCCC[N+](C)(C)CC[N+](C)(CCCCCCCCCCCC)CC[N+](C)(C)C.CP(=O)([O-])Oc1ccc(/C=C/c2ccc([O-])cc2)cc1.C[P+](=O)[O-].Cc1ccc(C)cc1.O=C([O-])c1ccc(C(=O)[O-])cc1.[Na+]. The van der Waals surface area contributed by atoms with Crippen LogP contribution < -0.4 is 69.8 Å². The zero-order valence-electron chi connectivity index (χ0n) is 89.9. The minimum absolute atomic E-state index is 0. The van der Waals surface area contributed by atoms with Crippen LogP contribution in [0.2, 0.25) is 0 Å². The van der Waals surface area contributed by atoms with E-state index in [0.29, 0.717) is 29.7 Å². The van der Waals surface area contributed by atoms with Crippen LogP contribution in [0.4, 0.5) is 11.4 Å². The second-order valence-corrected chi connectivity index (χ2v) is 44.9. The summed E-state index contributed by atoms with van der Waals surface area (Å²) in [6.45, 7) is 23.4. The van der Waals surface area contributed by atoms with E-state index < -0.39 is 57.6 Å². The number of anilines is 2. The number of carboxylic acids is 2. The Balaban J connectivity index is -0.000000632. The molecular formula is C113H187Br3N5NaO18P2S2. The van der Waals surface area contributed by atoms with E-state index >= 15 is 0 Å². The Hall–Kier alpha value is -5.33. The number of rotatable bonds is 68. The van der Waals surface area contributed by atoms with E-state index in [-0.39, 0.29) is 141 Å². The minimum Gasteiger partial charge on any atom is -0.872 e. The molecule has 6 aromatic carbocycles. The summed E-state index contributed by atoms with van der Waals surface area (Å²) in [5, 5.41) is 36.6. The molecule has 6 rings (SSSR count). The van der Waals surface area contributed by atoms with Crippen molar-refractivity contribution in [3.8, 4) is 11.5 Å². The van der Waals surface area contributed by atoms with Crippen LogP contribution in [-0.2, 0) is 39.0 Å². The second kappa shape index (κ2) is 88.3. The summed E-state index contributed by atoms with van der Waals surface area (Å²) < 4.78 is 97.3. The van der Waals surface area contributed by atoms with Gasteiger partial charge in [0, 0.05) is 19.5 Å². The van der Waals surface area contributed by atoms with Crippen LogP contribution in [-0.4, -0.2) is 158 Å². The molecule has 3 unspecified atom stereocenters. The average Bonchev–Trinajstić information content (AvgIpc) is 0.805. The van der Waals surface area contributed by atoms with Crippen LogP contribution in [0.5, 0.6) is 11.5 Å². The van der Waals surface area contributed by atoms with E-state index in [2.05, 4.69) is 119 Å². The van der Waals surface area contributed by atoms with Gasteiger partial charge in [-0.1, -0.05) is 429 Å². The Labute approximate surface area is 927 Å². The quantitative estimate of drug-likeness (QED) is 0.00688. The average molecular weight is 2290 g/mol. The molecule has 816 valence electrons. The first-order chi connectivity index (χ1) is 65.9. The Bertz CT molecular complexity index is 4480. The summed E-state index contributed by atoms with van der Waals surface area (Å²) in [6, 6.07) is 34.6. The molecule has 0 aromatic heterocycles. The number of carbonyl (C=O) groups is 4. The molecule has 0 radical (unpaired) electrons. The van der Waals surface area contributed by atoms with E-state index in [1.54, 1.807) is 48.5 Å². The summed E-state index contributed by atoms with van der Waals surface area (Å²) in [4.78, 5) is 64.8. The number of nitrogens with one attached hydrogen (secondary N) is 2. The Morgan fingerprint density at radius 2 is 0.639 bits per heavy atom. The van der Waals surface area contributed by atoms with E-state index in [1.807, 2.05) is 12.2 Å². The molecule has 6 aromatic rings. The maximum atomic E-state index is 12.7. The summed E-state index contributed by atoms with van der Waals surface area (Å²) in [7, 11) is -0.683. The zero-order chi connectivity index (χ0) is 104. The number of unbranched alkanes of at least 4 members (excludes halogenated alkanes) is 42. The van der Waals surface area contributed by atoms with Gasteiger partial charge in [-0.15, -0.1) is 56.7 Å². The van der Waals surface area contributed by atoms with E-state index in [9.17, 15) is 69.9 Å². The third-order valence-corrected chi connectivity index (χ3v) is 26.7. The summed E-state index contributed by atoms with van der Waals surface area (Å²) in [5.74, 6) is -3.08. The Morgan fingerprint density at radius 1 is 0.389 bits per heavy atom. The van der Waals surface area contributed by atoms with Crippen LogP contribution >= 0.6 is 66.6 Å². The van der Waals surface area contributed by atoms with Crippen molar-refractivity contribution < 1.29 is 127 Å². The topological polar surface area (TPSA) is 360 Å². The van der Waals surface area contributed by atoms with Crippen LogP contribution in [0.15, 0.2) is 143 Å². The number of hydrogen-bond acceptors (Lipinski definition) is 16. The molecule has 23 nitrogen and oxygen atoms in total. The predicted molar refractivity (Wildman–Crippen MR) is 606 cm³/mol. The maximum Gasteiger partial charge on any atom is 1.00 e. The molecule has 0 aliphatic rings. The number of carboxylic acid groups (broad SMARTS) is 2. The molecule has 3 atom stereocenters. The van der Waals surface area contributed by atoms with Gasteiger partial charge in [-0.2, -0.15) is 16.8 Å². The molecule has 0 fully saturated rings. The minimum atomic E-state index is -4.70. The number of likely N-dealkylation sites (N-methyl/N-ethyl adjacent to an activating group) is 3. The van der Waals surface area contributed by atoms with Crippen LogP contribution in [0.25, 0.3) is 24.3 Å². The number of nitrogens with zero attached hydrogens (tertiary/aromatic N) is 3. The third kappa shape index (κ3) is 83.4. The maximum absolute atomic E-state index is 12.7. The molecule has 144 heavy (non-hydrogen) atoms. The van der Waals surface area contributed by atoms with Crippen molar-refractivity contribution in [2.45, 2.75) is 367 Å². The largest absolute Gasteiger partial charge is 1.00 e. The number of carbonyl (C=O) groups excluding carboxylic acids is 4. The molecule has 0 heterocycles. The van der Waals surface area contributed by atoms with Crippen molar-refractivity contribution in [2.24, 2.45) is 0 Å². The number of hydrogen-bond donors (Lipinski definition) is 4. The van der Waals surface area contributed by atoms with Crippen LogP contribution in [0.1, 0.15) is 397 Å². The number of aryl methyl sites for hydroxylation is 2. The fourth-order valence-corrected chi connectivity index (χ4v) is 17.5. The van der Waals surface area contributed by atoms with Gasteiger partial charge in [-0.25, -0.2) is 0 Å². The standard InChI is InChI=1S/C46H74N2O8S2.C34H76N3.C15H15O4P.C8H6O4.C8H10.CH3O2P.CH4.3BrH.Na/c1-3-5-7-9-11-13-15-17-19-21-23-25-27-29-45(49)47-41-35-33-39(37-43(41)57(51,52)53)31-32-40-34-36-42(44(38-40)58(54,55)56)48-46(50)30-28-26-24-22-20-18-16-14-12-10-8-6-4-2;1-9-11-13-15-17-19-21-23-25-27-29-36(6,7)32-34-37(8,33-31-35(3,4)5)30-28-26-24-22-20-18-16-14-12-10-2;1-20(17,18)19-15-10-6-13(7-11-15)3-2-12-4-8-14(16)9-5-12;9-7(10)5-1-2-6(4-3-5)8(11)12;1-7-3-5-8(2)6-4-7;1-4(2)3;;;;;/h31-38H,3-30H2,1-2H3,(H,47,49)(H,48,50)(H,51,52,53)(H,54,55,56);9-34H2,1-8H3;2-11,16H,1H3,(H,17,18);1-4H,(H,9,10)(H,11,12);3-6H,1-2H3;1H3;1H4;3*1H;/q;+3;;;;;;;;;+1/p-4/b32-31+;;3-2+;;;;;;;;. The van der Waals surface area contributed by atoms with E-state index in [4.69, 9.17) is 14.0 Å². The summed E-state index contributed by atoms with van der Waals surface area (Å²) in [5.41, 5.74) is 5.00. The predicted octanol–water partition coefficient (Wildman–Crippen LogP) is 24.5. The van der Waals surface area contributed by atoms with Crippen LogP contribution in [0, 0.1) is 13.8 Å². The van der Waals surface area contributed by atoms with Gasteiger partial charge in [0.05, 0.1) is 78.7 Å². The van der Waals surface area contributed by atoms with Crippen molar-refractivity contribution in [3.63, 3.8) is 0 Å². The fourth-order valence-electron chi connectivity index (χ4n) is 15.6. The number of quaternary nitrogens is 3. The molecule has 0 aliphatic carbocycles. The monoisotopic (exact) mass is 2290 g/mol. The van der Waals surface area contributed by atoms with Gasteiger partial charge in [0.15, 0.2) is 7.60 Å². The fraction of sp³-hybridized carbons (Fsp3) is 0.611. The first-order valence-corrected chi connectivity index (χ1v) is 58.6. The van der Waals surface area contributed by atoms with E-state index in [1.165, 1.54) is 352 Å². The van der Waals surface area contributed by atoms with Crippen LogP contribution in [0.3, 0.4) is 0 Å². The van der Waals surface area contributed by atoms with Gasteiger partial charge in [-0.3, -0.25) is 23.3 Å². The normalized spacial score (nSPS) is 12.1. The van der Waals surface area contributed by atoms with Gasteiger partial charge in [0.2, 0.25) is 11.8 Å². The van der Waals surface area contributed by atoms with Gasteiger partial charge < -0.3 is 63.3 Å². The zero-order valence-corrected chi connectivity index (χ0v) is 100. The Morgan fingerprint density at radius 3 is 0.910 bits per heavy atom. The van der Waals surface area contributed by atoms with Crippen molar-refractivity contribution in [2.75, 3.05) is 106 Å². The summed E-state index contributed by atoms with van der Waals surface area (Å²) >= 11 is 0. The smallest absolute Gasteiger partial charge is 0.872 e. The Kier molecular flexibility index (Phi) is 90.2. The number of halogens is 3. The molecule has 2 amide bonds. The van der Waals surface area contributed by atoms with Crippen molar-refractivity contribution in [1.29, 1.82) is 0 Å². The van der Waals surface area contributed by atoms with E-state index in [0.717, 1.165) is 91.7 Å². The van der Waals surface area contributed by atoms with Gasteiger partial charge >= 0.3 is 37.6 Å². The second-order valence-electron chi connectivity index (χ2n) is 39.5. The van der Waals surface area contributed by atoms with Crippen molar-refractivity contribution >= 4 is 146 Å². The number of benzene rings is 6. The first kappa shape index (κ1) is 147.